The topological polar surface area (TPSA) is 74.7 Å². The Morgan fingerprint density at radius 1 is 1.19 bits per heavy atom. The quantitative estimate of drug-likeness (QED) is 0.726. The summed E-state index contributed by atoms with van der Waals surface area (Å²) in [7, 11) is 1.68. The number of nitrogens with zero attached hydrogens (tertiary/aromatic N) is 3. The summed E-state index contributed by atoms with van der Waals surface area (Å²) in [6.07, 6.45) is 0.0988. The molecule has 1 saturated heterocycles. The van der Waals surface area contributed by atoms with Gasteiger partial charge in [0, 0.05) is 19.2 Å². The van der Waals surface area contributed by atoms with Gasteiger partial charge in [0.1, 0.15) is 5.25 Å². The molecule has 3 aromatic rings. The van der Waals surface area contributed by atoms with Crippen molar-refractivity contribution in [1.29, 1.82) is 0 Å². The third-order valence-corrected chi connectivity index (χ3v) is 6.20. The molecular formula is C19H16N4O2S2. The summed E-state index contributed by atoms with van der Waals surface area (Å²) in [4.78, 5) is 35.3. The lowest BCUT2D eigenvalue weighted by molar-refractivity contribution is -0.127. The van der Waals surface area contributed by atoms with Crippen LogP contribution in [0.25, 0.3) is 10.2 Å². The van der Waals surface area contributed by atoms with E-state index in [-0.39, 0.29) is 18.2 Å². The fraction of sp³-hybridized carbons (Fsp3) is 0.158. The largest absolute Gasteiger partial charge is 0.326 e. The number of carbonyl (C=O) groups excluding carboxylic acids is 2. The highest BCUT2D eigenvalue weighted by Gasteiger charge is 2.37. The molecule has 4 rings (SSSR count). The molecule has 136 valence electrons. The number of thioether (sulfide) groups is 1. The van der Waals surface area contributed by atoms with E-state index in [1.165, 1.54) is 28.0 Å². The Balaban J connectivity index is 1.47. The van der Waals surface area contributed by atoms with E-state index in [1.807, 2.05) is 54.6 Å². The number of nitrogens with one attached hydrogen (secondary N) is 1. The molecule has 0 unspecified atom stereocenters. The van der Waals surface area contributed by atoms with Crippen molar-refractivity contribution in [2.45, 2.75) is 11.7 Å². The number of para-hydroxylation sites is 2. The number of aromatic nitrogens is 1. The zero-order chi connectivity index (χ0) is 18.8. The van der Waals surface area contributed by atoms with Crippen LogP contribution in [0.2, 0.25) is 0 Å². The molecule has 27 heavy (non-hydrogen) atoms. The molecule has 6 nitrogen and oxygen atoms in total. The minimum absolute atomic E-state index is 0.0988. The monoisotopic (exact) mass is 396 g/mol. The lowest BCUT2D eigenvalue weighted by Gasteiger charge is -2.09. The predicted molar refractivity (Wildman–Crippen MR) is 111 cm³/mol. The third-order valence-electron chi connectivity index (χ3n) is 4.04. The Bertz CT molecular complexity index is 999. The standard InChI is InChI=1S/C19H16N4O2S2/c1-23-17(25)15(11-16(24)20-12-7-3-2-4-8-12)27-19(23)22-18-21-13-9-5-6-10-14(13)26-18/h2-10,15H,11H2,1H3,(H,20,24)/t15-/m0/s1. The number of carbonyl (C=O) groups is 2. The summed E-state index contributed by atoms with van der Waals surface area (Å²) in [5, 5.41) is 3.50. The summed E-state index contributed by atoms with van der Waals surface area (Å²) in [6, 6.07) is 17.0. The Hall–Kier alpha value is -2.71. The molecule has 0 bridgehead atoms. The van der Waals surface area contributed by atoms with E-state index in [9.17, 15) is 9.59 Å². The number of fused-ring (bicyclic) bond motifs is 1. The van der Waals surface area contributed by atoms with E-state index >= 15 is 0 Å². The fourth-order valence-electron chi connectivity index (χ4n) is 2.69. The fourth-order valence-corrected chi connectivity index (χ4v) is 4.72. The molecule has 0 radical (unpaired) electrons. The minimum atomic E-state index is -0.480. The van der Waals surface area contributed by atoms with E-state index < -0.39 is 5.25 Å². The van der Waals surface area contributed by atoms with E-state index in [1.54, 1.807) is 7.05 Å². The van der Waals surface area contributed by atoms with E-state index in [0.717, 1.165) is 15.9 Å². The lowest BCUT2D eigenvalue weighted by Crippen LogP contribution is -2.30. The average Bonchev–Trinajstić information content (AvgIpc) is 3.19. The van der Waals surface area contributed by atoms with Gasteiger partial charge in [0.15, 0.2) is 5.17 Å². The molecule has 1 aromatic heterocycles. The number of benzene rings is 2. The van der Waals surface area contributed by atoms with Gasteiger partial charge in [0.05, 0.1) is 10.2 Å². The van der Waals surface area contributed by atoms with Gasteiger partial charge in [-0.1, -0.05) is 53.4 Å². The van der Waals surface area contributed by atoms with E-state index in [4.69, 9.17) is 0 Å². The molecule has 1 atom stereocenters. The first-order chi connectivity index (χ1) is 13.1. The van der Waals surface area contributed by atoms with Crippen molar-refractivity contribution < 1.29 is 9.59 Å². The molecule has 8 heteroatoms. The van der Waals surface area contributed by atoms with Crippen molar-refractivity contribution >= 4 is 61.1 Å². The number of thiazole rings is 1. The average molecular weight is 396 g/mol. The van der Waals surface area contributed by atoms with Crippen molar-refractivity contribution in [1.82, 2.24) is 9.88 Å². The molecule has 0 saturated carbocycles. The Kier molecular flexibility index (Phi) is 4.91. The Morgan fingerprint density at radius 2 is 1.93 bits per heavy atom. The highest BCUT2D eigenvalue weighted by Crippen LogP contribution is 2.33. The van der Waals surface area contributed by atoms with Gasteiger partial charge < -0.3 is 5.32 Å². The normalized spacial score (nSPS) is 18.4. The number of hydrogen-bond acceptors (Lipinski definition) is 6. The van der Waals surface area contributed by atoms with Crippen LogP contribution in [0.3, 0.4) is 0 Å². The van der Waals surface area contributed by atoms with Gasteiger partial charge in [-0.05, 0) is 24.3 Å². The first kappa shape index (κ1) is 17.7. The first-order valence-electron chi connectivity index (χ1n) is 8.33. The van der Waals surface area contributed by atoms with Gasteiger partial charge in [-0.3, -0.25) is 14.5 Å². The van der Waals surface area contributed by atoms with Crippen LogP contribution in [0.15, 0.2) is 59.6 Å². The molecule has 1 aliphatic heterocycles. The number of hydrogen-bond donors (Lipinski definition) is 1. The van der Waals surface area contributed by atoms with E-state index in [2.05, 4.69) is 15.3 Å². The summed E-state index contributed by atoms with van der Waals surface area (Å²) in [5.41, 5.74) is 1.60. The number of rotatable bonds is 4. The van der Waals surface area contributed by atoms with Gasteiger partial charge in [0.2, 0.25) is 16.9 Å². The maximum atomic E-state index is 12.5. The SMILES string of the molecule is CN1C(=O)[C@H](CC(=O)Nc2ccccc2)SC1=Nc1nc2ccccc2s1. The van der Waals surface area contributed by atoms with Crippen LogP contribution in [0.5, 0.6) is 0 Å². The Morgan fingerprint density at radius 3 is 2.70 bits per heavy atom. The van der Waals surface area contributed by atoms with Crippen molar-refractivity contribution in [3.63, 3.8) is 0 Å². The highest BCUT2D eigenvalue weighted by molar-refractivity contribution is 8.15. The second-order valence-corrected chi connectivity index (χ2v) is 8.16. The van der Waals surface area contributed by atoms with Crippen molar-refractivity contribution in [2.24, 2.45) is 4.99 Å². The number of amides is 2. The summed E-state index contributed by atoms with van der Waals surface area (Å²) in [5.74, 6) is -0.315. The van der Waals surface area contributed by atoms with Gasteiger partial charge >= 0.3 is 0 Å². The Labute approximate surface area is 164 Å². The first-order valence-corrected chi connectivity index (χ1v) is 10.0. The van der Waals surface area contributed by atoms with Gasteiger partial charge in [-0.2, -0.15) is 4.99 Å². The lowest BCUT2D eigenvalue weighted by atomic mass is 10.2. The van der Waals surface area contributed by atoms with Crippen LogP contribution in [0.4, 0.5) is 10.8 Å². The predicted octanol–water partition coefficient (Wildman–Crippen LogP) is 3.89. The van der Waals surface area contributed by atoms with Crippen LogP contribution in [-0.4, -0.2) is 39.2 Å². The number of aliphatic imine (C=N–C) groups is 1. The number of anilines is 1. The molecule has 1 N–H and O–H groups in total. The summed E-state index contributed by atoms with van der Waals surface area (Å²) >= 11 is 2.78. The van der Waals surface area contributed by atoms with Gasteiger partial charge in [-0.25, -0.2) is 4.98 Å². The highest BCUT2D eigenvalue weighted by atomic mass is 32.2. The van der Waals surface area contributed by atoms with Crippen LogP contribution < -0.4 is 5.32 Å². The summed E-state index contributed by atoms with van der Waals surface area (Å²) in [6.45, 7) is 0. The smallest absolute Gasteiger partial charge is 0.242 e. The van der Waals surface area contributed by atoms with Gasteiger partial charge in [-0.15, -0.1) is 0 Å². The molecule has 2 aromatic carbocycles. The molecule has 2 heterocycles. The van der Waals surface area contributed by atoms with Crippen molar-refractivity contribution in [2.75, 3.05) is 12.4 Å². The van der Waals surface area contributed by atoms with Crippen molar-refractivity contribution in [3.05, 3.63) is 54.6 Å². The van der Waals surface area contributed by atoms with Crippen LogP contribution >= 0.6 is 23.1 Å². The maximum Gasteiger partial charge on any atom is 0.242 e. The molecule has 0 aliphatic carbocycles. The van der Waals surface area contributed by atoms with Crippen molar-refractivity contribution in [3.8, 4) is 0 Å². The second kappa shape index (κ2) is 7.50. The maximum absolute atomic E-state index is 12.5. The number of amidine groups is 1. The minimum Gasteiger partial charge on any atom is -0.326 e. The van der Waals surface area contributed by atoms with Crippen LogP contribution in [-0.2, 0) is 9.59 Å². The van der Waals surface area contributed by atoms with Crippen LogP contribution in [0, 0.1) is 0 Å². The molecular weight excluding hydrogens is 380 g/mol. The van der Waals surface area contributed by atoms with Gasteiger partial charge in [0.25, 0.3) is 0 Å². The zero-order valence-corrected chi connectivity index (χ0v) is 16.1. The van der Waals surface area contributed by atoms with E-state index in [0.29, 0.717) is 10.3 Å². The summed E-state index contributed by atoms with van der Waals surface area (Å²) < 4.78 is 1.05. The third kappa shape index (κ3) is 3.86. The molecule has 1 aliphatic rings. The second-order valence-electron chi connectivity index (χ2n) is 5.98. The molecule has 2 amide bonds. The zero-order valence-electron chi connectivity index (χ0n) is 14.5. The molecule has 1 fully saturated rings. The molecule has 0 spiro atoms. The van der Waals surface area contributed by atoms with Crippen LogP contribution in [0.1, 0.15) is 6.42 Å².